The molecule has 0 radical (unpaired) electrons. The predicted molar refractivity (Wildman–Crippen MR) is 92.4 cm³/mol. The van der Waals surface area contributed by atoms with E-state index in [0.29, 0.717) is 0 Å². The van der Waals surface area contributed by atoms with Gasteiger partial charge in [0, 0.05) is 5.56 Å². The van der Waals surface area contributed by atoms with Gasteiger partial charge in [-0.05, 0) is 11.1 Å². The van der Waals surface area contributed by atoms with Gasteiger partial charge in [-0.15, -0.1) is 0 Å². The normalized spacial score (nSPS) is 20.3. The van der Waals surface area contributed by atoms with E-state index in [4.69, 9.17) is 9.73 Å². The van der Waals surface area contributed by atoms with Crippen LogP contribution in [-0.2, 0) is 4.74 Å². The van der Waals surface area contributed by atoms with Crippen LogP contribution in [0.25, 0.3) is 0 Å². The van der Waals surface area contributed by atoms with E-state index in [1.807, 2.05) is 54.6 Å². The molecule has 0 aromatic heterocycles. The Morgan fingerprint density at radius 2 is 1.13 bits per heavy atom. The summed E-state index contributed by atoms with van der Waals surface area (Å²) in [5.41, 5.74) is 4.32. The third-order valence-electron chi connectivity index (χ3n) is 4.03. The van der Waals surface area contributed by atoms with Crippen LogP contribution in [0.4, 0.5) is 0 Å². The molecule has 4 rings (SSSR count). The molecule has 1 aliphatic rings. The zero-order chi connectivity index (χ0) is 15.5. The van der Waals surface area contributed by atoms with Crippen LogP contribution in [-0.4, -0.2) is 5.71 Å². The molecule has 0 aliphatic carbocycles. The SMILES string of the molecule is c1ccc(C2=N[C@@H](c3ccccc3)O[C@@H]2c2ccccc2)cc1. The Balaban J connectivity index is 1.76. The third kappa shape index (κ3) is 2.81. The average Bonchev–Trinajstić information content (AvgIpc) is 3.09. The standard InChI is InChI=1S/C21H17NO/c1-4-10-16(11-5-1)19-20(17-12-6-2-7-13-17)23-21(22-19)18-14-8-3-9-15-18/h1-15,20-21H/t20-,21-/m1/s1. The van der Waals surface area contributed by atoms with Gasteiger partial charge in [0.1, 0.15) is 6.10 Å². The first-order valence-corrected chi connectivity index (χ1v) is 7.80. The maximum absolute atomic E-state index is 6.30. The van der Waals surface area contributed by atoms with Crippen molar-refractivity contribution in [3.8, 4) is 0 Å². The number of hydrogen-bond donors (Lipinski definition) is 0. The lowest BCUT2D eigenvalue weighted by Crippen LogP contribution is -2.11. The zero-order valence-electron chi connectivity index (χ0n) is 12.7. The summed E-state index contributed by atoms with van der Waals surface area (Å²) in [6.45, 7) is 0. The van der Waals surface area contributed by atoms with E-state index >= 15 is 0 Å². The van der Waals surface area contributed by atoms with Crippen molar-refractivity contribution in [2.24, 2.45) is 4.99 Å². The molecular weight excluding hydrogens is 282 g/mol. The smallest absolute Gasteiger partial charge is 0.175 e. The molecule has 0 saturated heterocycles. The molecule has 0 spiro atoms. The highest BCUT2D eigenvalue weighted by Gasteiger charge is 2.31. The quantitative estimate of drug-likeness (QED) is 0.671. The first kappa shape index (κ1) is 13.9. The summed E-state index contributed by atoms with van der Waals surface area (Å²) in [4.78, 5) is 4.88. The molecule has 3 aromatic carbocycles. The third-order valence-corrected chi connectivity index (χ3v) is 4.03. The minimum Gasteiger partial charge on any atom is -0.338 e. The van der Waals surface area contributed by atoms with E-state index < -0.39 is 0 Å². The molecule has 112 valence electrons. The van der Waals surface area contributed by atoms with Crippen molar-refractivity contribution in [2.45, 2.75) is 12.3 Å². The van der Waals surface area contributed by atoms with Crippen molar-refractivity contribution in [3.05, 3.63) is 108 Å². The van der Waals surface area contributed by atoms with E-state index in [-0.39, 0.29) is 12.3 Å². The second kappa shape index (κ2) is 6.19. The summed E-state index contributed by atoms with van der Waals surface area (Å²) in [6, 6.07) is 30.7. The Kier molecular flexibility index (Phi) is 3.75. The second-order valence-electron chi connectivity index (χ2n) is 5.57. The molecule has 0 bridgehead atoms. The Morgan fingerprint density at radius 3 is 1.74 bits per heavy atom. The summed E-state index contributed by atoms with van der Waals surface area (Å²) in [6.07, 6.45) is -0.389. The second-order valence-corrected chi connectivity index (χ2v) is 5.57. The minimum atomic E-state index is -0.253. The van der Waals surface area contributed by atoms with Gasteiger partial charge in [-0.1, -0.05) is 91.0 Å². The van der Waals surface area contributed by atoms with Crippen molar-refractivity contribution in [1.82, 2.24) is 0 Å². The number of nitrogens with zero attached hydrogens (tertiary/aromatic N) is 1. The molecule has 0 N–H and O–H groups in total. The highest BCUT2D eigenvalue weighted by atomic mass is 16.5. The van der Waals surface area contributed by atoms with Crippen molar-refractivity contribution in [2.75, 3.05) is 0 Å². The molecule has 0 amide bonds. The number of hydrogen-bond acceptors (Lipinski definition) is 2. The summed E-state index contributed by atoms with van der Waals surface area (Å²) < 4.78 is 6.30. The van der Waals surface area contributed by atoms with Gasteiger partial charge in [0.05, 0.1) is 5.71 Å². The fourth-order valence-electron chi connectivity index (χ4n) is 2.89. The van der Waals surface area contributed by atoms with Crippen LogP contribution in [0.5, 0.6) is 0 Å². The van der Waals surface area contributed by atoms with Crippen LogP contribution in [0.3, 0.4) is 0 Å². The zero-order valence-corrected chi connectivity index (χ0v) is 12.7. The van der Waals surface area contributed by atoms with Crippen molar-refractivity contribution >= 4 is 5.71 Å². The van der Waals surface area contributed by atoms with Gasteiger partial charge in [-0.3, -0.25) is 4.99 Å². The molecule has 0 saturated carbocycles. The number of rotatable bonds is 3. The minimum absolute atomic E-state index is 0.135. The first-order valence-electron chi connectivity index (χ1n) is 7.80. The predicted octanol–water partition coefficient (Wildman–Crippen LogP) is 4.95. The summed E-state index contributed by atoms with van der Waals surface area (Å²) >= 11 is 0. The van der Waals surface area contributed by atoms with E-state index in [2.05, 4.69) is 36.4 Å². The molecule has 1 aliphatic heterocycles. The maximum Gasteiger partial charge on any atom is 0.175 e. The molecule has 2 heteroatoms. The summed E-state index contributed by atoms with van der Waals surface area (Å²) in [5, 5.41) is 0. The topological polar surface area (TPSA) is 21.6 Å². The maximum atomic E-state index is 6.30. The highest BCUT2D eigenvalue weighted by molar-refractivity contribution is 6.05. The van der Waals surface area contributed by atoms with E-state index in [1.165, 1.54) is 0 Å². The van der Waals surface area contributed by atoms with Gasteiger partial charge in [0.25, 0.3) is 0 Å². The first-order chi connectivity index (χ1) is 11.4. The summed E-state index contributed by atoms with van der Waals surface area (Å²) in [7, 11) is 0. The Morgan fingerprint density at radius 1 is 0.609 bits per heavy atom. The molecular formula is C21H17NO. The van der Waals surface area contributed by atoms with Gasteiger partial charge in [-0.25, -0.2) is 0 Å². The monoisotopic (exact) mass is 299 g/mol. The molecule has 0 fully saturated rings. The van der Waals surface area contributed by atoms with Crippen LogP contribution in [0.1, 0.15) is 29.0 Å². The lowest BCUT2D eigenvalue weighted by atomic mass is 9.99. The van der Waals surface area contributed by atoms with Gasteiger partial charge >= 0.3 is 0 Å². The number of benzene rings is 3. The largest absolute Gasteiger partial charge is 0.338 e. The van der Waals surface area contributed by atoms with Gasteiger partial charge < -0.3 is 4.74 Å². The van der Waals surface area contributed by atoms with Gasteiger partial charge in [-0.2, -0.15) is 0 Å². The molecule has 2 nitrogen and oxygen atoms in total. The number of aliphatic imine (C=N–C) groups is 1. The van der Waals surface area contributed by atoms with Crippen LogP contribution < -0.4 is 0 Å². The molecule has 2 atom stereocenters. The van der Waals surface area contributed by atoms with Crippen LogP contribution >= 0.6 is 0 Å². The van der Waals surface area contributed by atoms with Gasteiger partial charge in [0.2, 0.25) is 0 Å². The van der Waals surface area contributed by atoms with Crippen LogP contribution in [0.2, 0.25) is 0 Å². The lowest BCUT2D eigenvalue weighted by Gasteiger charge is -2.15. The van der Waals surface area contributed by atoms with E-state index in [9.17, 15) is 0 Å². The number of ether oxygens (including phenoxy) is 1. The van der Waals surface area contributed by atoms with Crippen molar-refractivity contribution < 1.29 is 4.74 Å². The Bertz CT molecular complexity index is 797. The van der Waals surface area contributed by atoms with Crippen molar-refractivity contribution in [3.63, 3.8) is 0 Å². The van der Waals surface area contributed by atoms with Crippen LogP contribution in [0, 0.1) is 0 Å². The van der Waals surface area contributed by atoms with E-state index in [1.54, 1.807) is 0 Å². The molecule has 3 aromatic rings. The lowest BCUT2D eigenvalue weighted by molar-refractivity contribution is 0.0496. The Labute approximate surface area is 136 Å². The average molecular weight is 299 g/mol. The van der Waals surface area contributed by atoms with Crippen LogP contribution in [0.15, 0.2) is 96.0 Å². The van der Waals surface area contributed by atoms with Gasteiger partial charge in [0.15, 0.2) is 6.23 Å². The fourth-order valence-corrected chi connectivity index (χ4v) is 2.89. The summed E-state index contributed by atoms with van der Waals surface area (Å²) in [5.74, 6) is 0. The highest BCUT2D eigenvalue weighted by Crippen LogP contribution is 2.37. The molecule has 1 heterocycles. The van der Waals surface area contributed by atoms with E-state index in [0.717, 1.165) is 22.4 Å². The molecule has 0 unspecified atom stereocenters. The fraction of sp³-hybridized carbons (Fsp3) is 0.0952. The Hall–Kier alpha value is -2.71. The molecule has 23 heavy (non-hydrogen) atoms. The van der Waals surface area contributed by atoms with Crippen molar-refractivity contribution in [1.29, 1.82) is 0 Å².